The van der Waals surface area contributed by atoms with Crippen LogP contribution in [0.2, 0.25) is 0 Å². The number of Topliss-reactive ketones (excluding diaryl/α,β-unsaturated/α-hetero) is 1. The van der Waals surface area contributed by atoms with E-state index in [2.05, 4.69) is 4.98 Å². The number of para-hydroxylation sites is 2. The van der Waals surface area contributed by atoms with Gasteiger partial charge in [0.2, 0.25) is 5.78 Å². The third-order valence-electron chi connectivity index (χ3n) is 4.65. The standard InChI is InChI=1S/C21H19NO4S/c1-13(20(24)16-10-9-14-5-4-6-15(14)11-16)25-19(23)12-27-21-22-17-7-2-3-8-18(17)26-21/h2-3,7-11,13H,4-6,12H2,1H3/t13-/m1/s1. The molecular formula is C21H19NO4S. The number of esters is 1. The first kappa shape index (κ1) is 17.8. The fourth-order valence-electron chi connectivity index (χ4n) is 3.28. The number of hydrogen-bond donors (Lipinski definition) is 0. The quantitative estimate of drug-likeness (QED) is 0.362. The number of ether oxygens (including phenoxy) is 1. The van der Waals surface area contributed by atoms with Crippen LogP contribution in [0.5, 0.6) is 0 Å². The first-order valence-electron chi connectivity index (χ1n) is 8.94. The smallest absolute Gasteiger partial charge is 0.317 e. The zero-order valence-corrected chi connectivity index (χ0v) is 15.8. The van der Waals surface area contributed by atoms with Gasteiger partial charge < -0.3 is 9.15 Å². The van der Waals surface area contributed by atoms with E-state index in [4.69, 9.17) is 9.15 Å². The van der Waals surface area contributed by atoms with Crippen molar-refractivity contribution in [2.75, 3.05) is 5.75 Å². The van der Waals surface area contributed by atoms with Crippen LogP contribution in [0.15, 0.2) is 52.1 Å². The second-order valence-corrected chi connectivity index (χ2v) is 7.50. The lowest BCUT2D eigenvalue weighted by molar-refractivity contribution is -0.143. The van der Waals surface area contributed by atoms with Crippen molar-refractivity contribution in [3.63, 3.8) is 0 Å². The van der Waals surface area contributed by atoms with Crippen molar-refractivity contribution in [1.82, 2.24) is 4.98 Å². The van der Waals surface area contributed by atoms with E-state index < -0.39 is 12.1 Å². The van der Waals surface area contributed by atoms with Gasteiger partial charge in [-0.3, -0.25) is 9.59 Å². The molecule has 5 nitrogen and oxygen atoms in total. The number of rotatable bonds is 6. The van der Waals surface area contributed by atoms with Crippen molar-refractivity contribution in [2.45, 2.75) is 37.5 Å². The molecule has 6 heteroatoms. The van der Waals surface area contributed by atoms with Gasteiger partial charge in [-0.25, -0.2) is 4.98 Å². The van der Waals surface area contributed by atoms with E-state index in [1.807, 2.05) is 42.5 Å². The number of benzene rings is 2. The molecule has 1 aliphatic rings. The van der Waals surface area contributed by atoms with Crippen molar-refractivity contribution < 1.29 is 18.7 Å². The molecular weight excluding hydrogens is 362 g/mol. The van der Waals surface area contributed by atoms with Crippen molar-refractivity contribution in [3.8, 4) is 0 Å². The molecule has 4 rings (SSSR count). The van der Waals surface area contributed by atoms with Gasteiger partial charge >= 0.3 is 5.97 Å². The van der Waals surface area contributed by atoms with Gasteiger partial charge in [0.1, 0.15) is 11.3 Å². The molecule has 1 atom stereocenters. The Hall–Kier alpha value is -2.60. The van der Waals surface area contributed by atoms with Crippen LogP contribution in [0, 0.1) is 0 Å². The topological polar surface area (TPSA) is 69.4 Å². The van der Waals surface area contributed by atoms with Gasteiger partial charge in [-0.05, 0) is 55.5 Å². The van der Waals surface area contributed by atoms with Gasteiger partial charge in [-0.2, -0.15) is 0 Å². The van der Waals surface area contributed by atoms with Crippen LogP contribution in [-0.4, -0.2) is 28.6 Å². The molecule has 27 heavy (non-hydrogen) atoms. The molecule has 0 fully saturated rings. The number of nitrogens with zero attached hydrogens (tertiary/aromatic N) is 1. The summed E-state index contributed by atoms with van der Waals surface area (Å²) in [6.45, 7) is 1.61. The molecule has 138 valence electrons. The number of carbonyl (C=O) groups excluding carboxylic acids is 2. The van der Waals surface area contributed by atoms with E-state index >= 15 is 0 Å². The van der Waals surface area contributed by atoms with E-state index in [0.717, 1.165) is 36.5 Å². The van der Waals surface area contributed by atoms with Gasteiger partial charge in [-0.15, -0.1) is 0 Å². The SMILES string of the molecule is C[C@@H](OC(=O)CSc1nc2ccccc2o1)C(=O)c1ccc2c(c1)CCC2. The van der Waals surface area contributed by atoms with Gasteiger partial charge in [0.05, 0.1) is 0 Å². The maximum Gasteiger partial charge on any atom is 0.317 e. The Morgan fingerprint density at radius 2 is 2.00 bits per heavy atom. The minimum absolute atomic E-state index is 0.0363. The van der Waals surface area contributed by atoms with Crippen LogP contribution < -0.4 is 0 Å². The van der Waals surface area contributed by atoms with Gasteiger partial charge in [0, 0.05) is 5.56 Å². The summed E-state index contributed by atoms with van der Waals surface area (Å²) >= 11 is 1.16. The summed E-state index contributed by atoms with van der Waals surface area (Å²) < 4.78 is 10.9. The van der Waals surface area contributed by atoms with E-state index in [0.29, 0.717) is 16.4 Å². The first-order chi connectivity index (χ1) is 13.1. The average molecular weight is 381 g/mol. The Bertz CT molecular complexity index is 977. The largest absolute Gasteiger partial charge is 0.454 e. The predicted octanol–water partition coefficient (Wildman–Crippen LogP) is 4.22. The summed E-state index contributed by atoms with van der Waals surface area (Å²) in [5, 5.41) is 0.408. The van der Waals surface area contributed by atoms with Crippen LogP contribution in [-0.2, 0) is 22.4 Å². The molecule has 2 aromatic carbocycles. The Morgan fingerprint density at radius 3 is 2.85 bits per heavy atom. The highest BCUT2D eigenvalue weighted by molar-refractivity contribution is 7.99. The fourth-order valence-corrected chi connectivity index (χ4v) is 3.90. The second kappa shape index (κ2) is 7.56. The van der Waals surface area contributed by atoms with E-state index in [-0.39, 0.29) is 11.5 Å². The molecule has 0 spiro atoms. The molecule has 0 unspecified atom stereocenters. The third kappa shape index (κ3) is 3.90. The number of fused-ring (bicyclic) bond motifs is 2. The van der Waals surface area contributed by atoms with Crippen molar-refractivity contribution in [3.05, 3.63) is 59.2 Å². The summed E-state index contributed by atoms with van der Waals surface area (Å²) in [6.07, 6.45) is 2.39. The first-order valence-corrected chi connectivity index (χ1v) is 9.92. The number of aryl methyl sites for hydroxylation is 2. The molecule has 0 saturated heterocycles. The highest BCUT2D eigenvalue weighted by Gasteiger charge is 2.22. The minimum atomic E-state index is -0.818. The second-order valence-electron chi connectivity index (χ2n) is 6.57. The number of oxazole rings is 1. The lowest BCUT2D eigenvalue weighted by Gasteiger charge is -2.12. The van der Waals surface area contributed by atoms with Crippen molar-refractivity contribution in [2.24, 2.45) is 0 Å². The number of hydrogen-bond acceptors (Lipinski definition) is 6. The highest BCUT2D eigenvalue weighted by Crippen LogP contribution is 2.25. The Balaban J connectivity index is 1.33. The summed E-state index contributed by atoms with van der Waals surface area (Å²) in [6, 6.07) is 13.2. The third-order valence-corrected chi connectivity index (χ3v) is 5.45. The molecule has 0 N–H and O–H groups in total. The average Bonchev–Trinajstić information content (AvgIpc) is 3.31. The molecule has 0 aliphatic heterocycles. The summed E-state index contributed by atoms with van der Waals surface area (Å²) in [5.41, 5.74) is 4.56. The Kier molecular flexibility index (Phi) is 4.99. The highest BCUT2D eigenvalue weighted by atomic mass is 32.2. The summed E-state index contributed by atoms with van der Waals surface area (Å²) in [7, 11) is 0. The number of carbonyl (C=O) groups is 2. The molecule has 0 radical (unpaired) electrons. The molecule has 0 bridgehead atoms. The van der Waals surface area contributed by atoms with E-state index in [1.165, 1.54) is 11.1 Å². The predicted molar refractivity (Wildman–Crippen MR) is 103 cm³/mol. The molecule has 3 aromatic rings. The molecule has 1 heterocycles. The molecule has 1 aliphatic carbocycles. The van der Waals surface area contributed by atoms with Crippen LogP contribution in [0.25, 0.3) is 11.1 Å². The number of aromatic nitrogens is 1. The lowest BCUT2D eigenvalue weighted by atomic mass is 10.0. The van der Waals surface area contributed by atoms with Crippen LogP contribution in [0.3, 0.4) is 0 Å². The zero-order chi connectivity index (χ0) is 18.8. The summed E-state index contributed by atoms with van der Waals surface area (Å²) in [4.78, 5) is 29.0. The van der Waals surface area contributed by atoms with Crippen molar-refractivity contribution >= 4 is 34.6 Å². The fraction of sp³-hybridized carbons (Fsp3) is 0.286. The normalized spacial score (nSPS) is 14.1. The number of thioether (sulfide) groups is 1. The Labute approximate surface area is 161 Å². The van der Waals surface area contributed by atoms with Gasteiger partial charge in [0.15, 0.2) is 11.7 Å². The van der Waals surface area contributed by atoms with Gasteiger partial charge in [-0.1, -0.05) is 36.0 Å². The monoisotopic (exact) mass is 381 g/mol. The Morgan fingerprint density at radius 1 is 1.19 bits per heavy atom. The molecule has 1 aromatic heterocycles. The summed E-state index contributed by atoms with van der Waals surface area (Å²) in [5.74, 6) is -0.608. The number of ketones is 1. The zero-order valence-electron chi connectivity index (χ0n) is 14.9. The molecule has 0 amide bonds. The van der Waals surface area contributed by atoms with Gasteiger partial charge in [0.25, 0.3) is 5.22 Å². The van der Waals surface area contributed by atoms with Crippen LogP contribution >= 0.6 is 11.8 Å². The lowest BCUT2D eigenvalue weighted by Crippen LogP contribution is -2.25. The van der Waals surface area contributed by atoms with E-state index in [9.17, 15) is 9.59 Å². The minimum Gasteiger partial charge on any atom is -0.454 e. The van der Waals surface area contributed by atoms with Crippen LogP contribution in [0.4, 0.5) is 0 Å². The maximum absolute atomic E-state index is 12.6. The maximum atomic E-state index is 12.6. The van der Waals surface area contributed by atoms with Crippen LogP contribution in [0.1, 0.15) is 34.8 Å². The van der Waals surface area contributed by atoms with E-state index in [1.54, 1.807) is 6.92 Å². The molecule has 0 saturated carbocycles. The van der Waals surface area contributed by atoms with Crippen molar-refractivity contribution in [1.29, 1.82) is 0 Å².